The monoisotopic (exact) mass is 314 g/mol. The number of nitrogens with zero attached hydrogens (tertiary/aromatic N) is 4. The Morgan fingerprint density at radius 2 is 1.78 bits per heavy atom. The molecule has 0 saturated carbocycles. The number of carbonyl (C=O) groups excluding carboxylic acids is 2. The summed E-state index contributed by atoms with van der Waals surface area (Å²) in [4.78, 5) is 35.7. The van der Waals surface area contributed by atoms with E-state index in [1.54, 1.807) is 20.2 Å². The van der Waals surface area contributed by atoms with Crippen molar-refractivity contribution >= 4 is 29.2 Å². The number of benzene rings is 1. The number of amidine groups is 1. The van der Waals surface area contributed by atoms with Crippen LogP contribution in [0.4, 0.5) is 14.9 Å². The molecule has 23 heavy (non-hydrogen) atoms. The normalized spacial score (nSPS) is 23.0. The van der Waals surface area contributed by atoms with E-state index in [2.05, 4.69) is 9.98 Å². The number of amides is 3. The van der Waals surface area contributed by atoms with E-state index in [1.807, 2.05) is 0 Å². The van der Waals surface area contributed by atoms with Crippen LogP contribution in [0.1, 0.15) is 6.92 Å². The zero-order chi connectivity index (χ0) is 16.7. The highest BCUT2D eigenvalue weighted by Crippen LogP contribution is 2.27. The summed E-state index contributed by atoms with van der Waals surface area (Å²) in [6, 6.07) is 5.25. The van der Waals surface area contributed by atoms with E-state index >= 15 is 0 Å². The van der Waals surface area contributed by atoms with Crippen LogP contribution in [0.3, 0.4) is 0 Å². The van der Waals surface area contributed by atoms with E-state index in [9.17, 15) is 14.0 Å². The Kier molecular flexibility index (Phi) is 3.55. The van der Waals surface area contributed by atoms with Crippen LogP contribution in [0.5, 0.6) is 0 Å². The van der Waals surface area contributed by atoms with Crippen LogP contribution in [0.2, 0.25) is 0 Å². The highest BCUT2D eigenvalue weighted by Gasteiger charge is 2.45. The molecule has 0 bridgehead atoms. The van der Waals surface area contributed by atoms with Crippen molar-refractivity contribution < 1.29 is 14.0 Å². The summed E-state index contributed by atoms with van der Waals surface area (Å²) < 4.78 is 13.0. The number of imide groups is 1. The van der Waals surface area contributed by atoms with Crippen LogP contribution in [-0.4, -0.2) is 47.4 Å². The van der Waals surface area contributed by atoms with E-state index < -0.39 is 11.9 Å². The van der Waals surface area contributed by atoms with Crippen LogP contribution >= 0.6 is 0 Å². The van der Waals surface area contributed by atoms with Crippen LogP contribution in [0.25, 0.3) is 0 Å². The molecular formula is C16H15FN4O2. The van der Waals surface area contributed by atoms with Gasteiger partial charge in [0.05, 0.1) is 11.4 Å². The summed E-state index contributed by atoms with van der Waals surface area (Å²) in [7, 11) is 3.00. The average Bonchev–Trinajstić information content (AvgIpc) is 2.54. The first-order valence-corrected chi connectivity index (χ1v) is 7.04. The highest BCUT2D eigenvalue weighted by atomic mass is 19.1. The third kappa shape index (κ3) is 2.44. The molecule has 118 valence electrons. The first-order valence-electron chi connectivity index (χ1n) is 7.04. The minimum atomic E-state index is -0.738. The minimum absolute atomic E-state index is 0.351. The fourth-order valence-electron chi connectivity index (χ4n) is 2.58. The van der Waals surface area contributed by atoms with Crippen molar-refractivity contribution in [1.29, 1.82) is 0 Å². The fraction of sp³-hybridized carbons (Fsp3) is 0.250. The minimum Gasteiger partial charge on any atom is -0.284 e. The van der Waals surface area contributed by atoms with Crippen molar-refractivity contribution in [1.82, 2.24) is 9.80 Å². The smallest absolute Gasteiger partial charge is 0.284 e. The Morgan fingerprint density at radius 3 is 2.43 bits per heavy atom. The summed E-state index contributed by atoms with van der Waals surface area (Å²) >= 11 is 0. The highest BCUT2D eigenvalue weighted by molar-refractivity contribution is 6.33. The Bertz CT molecular complexity index is 780. The van der Waals surface area contributed by atoms with Gasteiger partial charge in [-0.2, -0.15) is 0 Å². The van der Waals surface area contributed by atoms with E-state index in [0.717, 1.165) is 10.5 Å². The van der Waals surface area contributed by atoms with Crippen molar-refractivity contribution in [3.8, 4) is 0 Å². The molecule has 0 radical (unpaired) electrons. The van der Waals surface area contributed by atoms with E-state index in [1.165, 1.54) is 36.2 Å². The first-order chi connectivity index (χ1) is 10.9. The maximum Gasteiger partial charge on any atom is 0.331 e. The second kappa shape index (κ2) is 5.42. The number of halogens is 1. The lowest BCUT2D eigenvalue weighted by Crippen LogP contribution is -2.59. The van der Waals surface area contributed by atoms with Gasteiger partial charge in [-0.05, 0) is 36.8 Å². The summed E-state index contributed by atoms with van der Waals surface area (Å²) in [5, 5.41) is 0. The topological polar surface area (TPSA) is 65.3 Å². The molecule has 2 aliphatic rings. The zero-order valence-corrected chi connectivity index (χ0v) is 12.9. The van der Waals surface area contributed by atoms with Gasteiger partial charge in [0.15, 0.2) is 0 Å². The molecule has 1 saturated heterocycles. The third-order valence-electron chi connectivity index (χ3n) is 3.90. The van der Waals surface area contributed by atoms with Gasteiger partial charge < -0.3 is 0 Å². The van der Waals surface area contributed by atoms with Crippen LogP contribution < -0.4 is 0 Å². The Morgan fingerprint density at radius 1 is 1.13 bits per heavy atom. The maximum absolute atomic E-state index is 13.0. The number of hydrogen-bond acceptors (Lipinski definition) is 4. The second-order valence-electron chi connectivity index (χ2n) is 5.44. The molecule has 1 fully saturated rings. The number of carbonyl (C=O) groups is 2. The first kappa shape index (κ1) is 15.1. The lowest BCUT2D eigenvalue weighted by Gasteiger charge is -2.37. The van der Waals surface area contributed by atoms with Crippen molar-refractivity contribution in [3.05, 3.63) is 41.9 Å². The fourth-order valence-corrected chi connectivity index (χ4v) is 2.58. The molecule has 3 rings (SSSR count). The van der Waals surface area contributed by atoms with Gasteiger partial charge in [-0.3, -0.25) is 19.6 Å². The predicted molar refractivity (Wildman–Crippen MR) is 84.1 cm³/mol. The molecule has 0 aliphatic carbocycles. The summed E-state index contributed by atoms with van der Waals surface area (Å²) in [5.74, 6) is -1.12. The largest absolute Gasteiger partial charge is 0.331 e. The molecule has 1 aromatic rings. The van der Waals surface area contributed by atoms with E-state index in [0.29, 0.717) is 17.2 Å². The Labute approximate surface area is 132 Å². The molecule has 0 N–H and O–H groups in total. The lowest BCUT2D eigenvalue weighted by atomic mass is 9.91. The molecule has 1 aromatic carbocycles. The second-order valence-corrected chi connectivity index (χ2v) is 5.44. The lowest BCUT2D eigenvalue weighted by molar-refractivity contribution is -0.128. The van der Waals surface area contributed by atoms with Crippen LogP contribution in [0.15, 0.2) is 46.0 Å². The zero-order valence-electron chi connectivity index (χ0n) is 12.9. The van der Waals surface area contributed by atoms with E-state index in [-0.39, 0.29) is 11.7 Å². The molecule has 2 aliphatic heterocycles. The van der Waals surface area contributed by atoms with E-state index in [4.69, 9.17) is 0 Å². The van der Waals surface area contributed by atoms with Crippen molar-refractivity contribution in [2.75, 3.05) is 14.1 Å². The van der Waals surface area contributed by atoms with Gasteiger partial charge in [0.25, 0.3) is 0 Å². The SMILES string of the molecule is CC1=CN=C2C(C(=O)N(C)C(=O)N2C)C1=Nc1ccc(F)cc1. The Hall–Kier alpha value is -2.83. The quantitative estimate of drug-likeness (QED) is 0.798. The molecule has 6 nitrogen and oxygen atoms in total. The molecule has 0 spiro atoms. The number of rotatable bonds is 1. The van der Waals surface area contributed by atoms with Gasteiger partial charge in [-0.15, -0.1) is 0 Å². The van der Waals surface area contributed by atoms with Gasteiger partial charge in [-0.1, -0.05) is 0 Å². The summed E-state index contributed by atoms with van der Waals surface area (Å²) in [6.45, 7) is 1.80. The Balaban J connectivity index is 2.09. The van der Waals surface area contributed by atoms with Crippen molar-refractivity contribution in [2.45, 2.75) is 6.92 Å². The number of urea groups is 1. The summed E-state index contributed by atoms with van der Waals surface area (Å²) in [6.07, 6.45) is 1.58. The summed E-state index contributed by atoms with van der Waals surface area (Å²) in [5.41, 5.74) is 1.77. The molecule has 2 heterocycles. The maximum atomic E-state index is 13.0. The van der Waals surface area contributed by atoms with Gasteiger partial charge in [0.1, 0.15) is 17.6 Å². The molecule has 0 aromatic heterocycles. The van der Waals surface area contributed by atoms with Gasteiger partial charge in [0.2, 0.25) is 5.91 Å². The van der Waals surface area contributed by atoms with Crippen molar-refractivity contribution in [3.63, 3.8) is 0 Å². The molecule has 1 atom stereocenters. The van der Waals surface area contributed by atoms with Gasteiger partial charge in [0, 0.05) is 20.3 Å². The molecule has 7 heteroatoms. The van der Waals surface area contributed by atoms with Crippen LogP contribution in [-0.2, 0) is 4.79 Å². The van der Waals surface area contributed by atoms with Crippen LogP contribution in [0, 0.1) is 11.7 Å². The number of aliphatic imine (C=N–C) groups is 2. The number of allylic oxidation sites excluding steroid dienone is 1. The van der Waals surface area contributed by atoms with Crippen molar-refractivity contribution in [2.24, 2.45) is 15.9 Å². The predicted octanol–water partition coefficient (Wildman–Crippen LogP) is 2.35. The third-order valence-corrected chi connectivity index (χ3v) is 3.90. The molecule has 1 unspecified atom stereocenters. The van der Waals surface area contributed by atoms with Gasteiger partial charge >= 0.3 is 6.03 Å². The average molecular weight is 314 g/mol. The number of fused-ring (bicyclic) bond motifs is 1. The molecular weight excluding hydrogens is 299 g/mol. The number of hydrogen-bond donors (Lipinski definition) is 0. The molecule has 3 amide bonds. The standard InChI is InChI=1S/C16H15FN4O2/c1-9-8-18-14-12(15(22)21(3)16(23)20(14)2)13(9)19-11-6-4-10(17)5-7-11/h4-8,12H,1-3H3. The van der Waals surface area contributed by atoms with Gasteiger partial charge in [-0.25, -0.2) is 14.2 Å².